The van der Waals surface area contributed by atoms with E-state index in [1.807, 2.05) is 38.8 Å². The second-order valence-corrected chi connectivity index (χ2v) is 5.70. The fourth-order valence-electron chi connectivity index (χ4n) is 2.47. The Labute approximate surface area is 125 Å². The third-order valence-electron chi connectivity index (χ3n) is 3.90. The summed E-state index contributed by atoms with van der Waals surface area (Å²) in [7, 11) is 3.85. The second-order valence-electron chi connectivity index (χ2n) is 5.70. The van der Waals surface area contributed by atoms with Gasteiger partial charge in [-0.15, -0.1) is 0 Å². The molecule has 1 fully saturated rings. The standard InChI is InChI=1S/C15H22N6/c1-9-13(16-3)18-15(11-5-6-11)19-14(9)17-7-12-8-21(4)20-10(12)2/h8,11H,5-7H2,1-4H3,(H2,16,17,18,19). The van der Waals surface area contributed by atoms with E-state index in [9.17, 15) is 0 Å². The van der Waals surface area contributed by atoms with Crippen molar-refractivity contribution in [3.8, 4) is 0 Å². The van der Waals surface area contributed by atoms with Crippen molar-refractivity contribution in [2.24, 2.45) is 7.05 Å². The number of aromatic nitrogens is 4. The maximum absolute atomic E-state index is 4.71. The molecular formula is C15H22N6. The van der Waals surface area contributed by atoms with Gasteiger partial charge in [-0.3, -0.25) is 4.68 Å². The van der Waals surface area contributed by atoms with Crippen molar-refractivity contribution in [1.29, 1.82) is 0 Å². The molecule has 2 aromatic heterocycles. The summed E-state index contributed by atoms with van der Waals surface area (Å²) in [5.41, 5.74) is 3.30. The van der Waals surface area contributed by atoms with Crippen LogP contribution in [0.5, 0.6) is 0 Å². The Morgan fingerprint density at radius 1 is 1.24 bits per heavy atom. The predicted molar refractivity (Wildman–Crippen MR) is 83.6 cm³/mol. The Morgan fingerprint density at radius 3 is 2.52 bits per heavy atom. The van der Waals surface area contributed by atoms with E-state index >= 15 is 0 Å². The van der Waals surface area contributed by atoms with Gasteiger partial charge in [0.05, 0.1) is 5.69 Å². The quantitative estimate of drug-likeness (QED) is 0.883. The molecule has 0 radical (unpaired) electrons. The SMILES string of the molecule is CNc1nc(C2CC2)nc(NCc2cn(C)nc2C)c1C. The zero-order chi connectivity index (χ0) is 15.0. The van der Waals surface area contributed by atoms with E-state index in [1.54, 1.807) is 0 Å². The Morgan fingerprint density at radius 2 is 1.95 bits per heavy atom. The lowest BCUT2D eigenvalue weighted by Crippen LogP contribution is -2.09. The summed E-state index contributed by atoms with van der Waals surface area (Å²) in [4.78, 5) is 9.32. The first-order valence-electron chi connectivity index (χ1n) is 7.37. The molecule has 0 atom stereocenters. The van der Waals surface area contributed by atoms with Crippen LogP contribution in [0.2, 0.25) is 0 Å². The molecule has 2 heterocycles. The first-order valence-corrected chi connectivity index (χ1v) is 7.37. The van der Waals surface area contributed by atoms with E-state index in [2.05, 4.69) is 20.7 Å². The van der Waals surface area contributed by atoms with Gasteiger partial charge in [0.1, 0.15) is 17.5 Å². The topological polar surface area (TPSA) is 67.7 Å². The molecule has 1 saturated carbocycles. The van der Waals surface area contributed by atoms with Crippen molar-refractivity contribution in [2.45, 2.75) is 39.2 Å². The van der Waals surface area contributed by atoms with E-state index in [0.29, 0.717) is 5.92 Å². The minimum Gasteiger partial charge on any atom is -0.373 e. The summed E-state index contributed by atoms with van der Waals surface area (Å²) in [5, 5.41) is 11.0. The smallest absolute Gasteiger partial charge is 0.136 e. The molecule has 1 aliphatic carbocycles. The van der Waals surface area contributed by atoms with Gasteiger partial charge in [0.2, 0.25) is 0 Å². The number of aryl methyl sites for hydroxylation is 2. The average molecular weight is 286 g/mol. The number of hydrogen-bond acceptors (Lipinski definition) is 5. The Balaban J connectivity index is 1.83. The molecule has 2 N–H and O–H groups in total. The minimum absolute atomic E-state index is 0.540. The molecule has 3 rings (SSSR count). The predicted octanol–water partition coefficient (Wildman–Crippen LogP) is 2.36. The fraction of sp³-hybridized carbons (Fsp3) is 0.533. The third kappa shape index (κ3) is 2.84. The lowest BCUT2D eigenvalue weighted by atomic mass is 10.2. The largest absolute Gasteiger partial charge is 0.373 e. The van der Waals surface area contributed by atoms with Crippen molar-refractivity contribution in [3.05, 3.63) is 28.8 Å². The monoisotopic (exact) mass is 286 g/mol. The molecule has 21 heavy (non-hydrogen) atoms. The maximum atomic E-state index is 4.71. The Hall–Kier alpha value is -2.11. The molecule has 0 bridgehead atoms. The summed E-state index contributed by atoms with van der Waals surface area (Å²) in [6.45, 7) is 4.80. The number of nitrogens with one attached hydrogen (secondary N) is 2. The molecule has 0 spiro atoms. The number of hydrogen-bond donors (Lipinski definition) is 2. The van der Waals surface area contributed by atoms with Crippen LogP contribution in [0.3, 0.4) is 0 Å². The van der Waals surface area contributed by atoms with Gasteiger partial charge >= 0.3 is 0 Å². The summed E-state index contributed by atoms with van der Waals surface area (Å²) in [6.07, 6.45) is 4.44. The van der Waals surface area contributed by atoms with E-state index in [1.165, 1.54) is 18.4 Å². The molecule has 6 nitrogen and oxygen atoms in total. The van der Waals surface area contributed by atoms with Gasteiger partial charge in [-0.05, 0) is 26.7 Å². The second kappa shape index (κ2) is 5.35. The Kier molecular flexibility index (Phi) is 3.53. The van der Waals surface area contributed by atoms with Gasteiger partial charge in [0, 0.05) is 43.9 Å². The molecule has 0 amide bonds. The summed E-state index contributed by atoms with van der Waals surface area (Å²) in [5.74, 6) is 3.32. The van der Waals surface area contributed by atoms with Crippen LogP contribution in [-0.4, -0.2) is 26.8 Å². The maximum Gasteiger partial charge on any atom is 0.136 e. The zero-order valence-electron chi connectivity index (χ0n) is 13.1. The molecule has 6 heteroatoms. The lowest BCUT2D eigenvalue weighted by Gasteiger charge is -2.13. The van der Waals surface area contributed by atoms with Gasteiger partial charge in [-0.1, -0.05) is 0 Å². The van der Waals surface area contributed by atoms with E-state index in [0.717, 1.165) is 35.3 Å². The zero-order valence-corrected chi connectivity index (χ0v) is 13.1. The summed E-state index contributed by atoms with van der Waals surface area (Å²) in [6, 6.07) is 0. The number of rotatable bonds is 5. The number of anilines is 2. The van der Waals surface area contributed by atoms with Crippen LogP contribution in [0.15, 0.2) is 6.20 Å². The summed E-state index contributed by atoms with van der Waals surface area (Å²) < 4.78 is 1.84. The van der Waals surface area contributed by atoms with Gasteiger partial charge < -0.3 is 10.6 Å². The van der Waals surface area contributed by atoms with Crippen LogP contribution in [0.25, 0.3) is 0 Å². The van der Waals surface area contributed by atoms with Crippen molar-refractivity contribution < 1.29 is 0 Å². The third-order valence-corrected chi connectivity index (χ3v) is 3.90. The van der Waals surface area contributed by atoms with Crippen molar-refractivity contribution >= 4 is 11.6 Å². The molecule has 112 valence electrons. The highest BCUT2D eigenvalue weighted by atomic mass is 15.3. The minimum atomic E-state index is 0.540. The van der Waals surface area contributed by atoms with Crippen LogP contribution >= 0.6 is 0 Å². The van der Waals surface area contributed by atoms with Crippen LogP contribution in [0.4, 0.5) is 11.6 Å². The molecule has 1 aliphatic rings. The highest BCUT2D eigenvalue weighted by Crippen LogP contribution is 2.39. The lowest BCUT2D eigenvalue weighted by molar-refractivity contribution is 0.756. The highest BCUT2D eigenvalue weighted by Gasteiger charge is 2.28. The molecular weight excluding hydrogens is 264 g/mol. The van der Waals surface area contributed by atoms with E-state index in [4.69, 9.17) is 4.98 Å². The summed E-state index contributed by atoms with van der Waals surface area (Å²) >= 11 is 0. The van der Waals surface area contributed by atoms with Gasteiger partial charge in [-0.25, -0.2) is 9.97 Å². The first-order chi connectivity index (χ1) is 10.1. The number of nitrogens with zero attached hydrogens (tertiary/aromatic N) is 4. The fourth-order valence-corrected chi connectivity index (χ4v) is 2.47. The van der Waals surface area contributed by atoms with Gasteiger partial charge in [0.25, 0.3) is 0 Å². The van der Waals surface area contributed by atoms with Gasteiger partial charge in [-0.2, -0.15) is 5.10 Å². The van der Waals surface area contributed by atoms with Crippen molar-refractivity contribution in [1.82, 2.24) is 19.7 Å². The Bertz CT molecular complexity index is 656. The van der Waals surface area contributed by atoms with Crippen LogP contribution < -0.4 is 10.6 Å². The highest BCUT2D eigenvalue weighted by molar-refractivity contribution is 5.57. The molecule has 0 aromatic carbocycles. The van der Waals surface area contributed by atoms with Gasteiger partial charge in [0.15, 0.2) is 0 Å². The molecule has 0 saturated heterocycles. The average Bonchev–Trinajstić information content (AvgIpc) is 3.24. The van der Waals surface area contributed by atoms with Crippen LogP contribution in [0, 0.1) is 13.8 Å². The molecule has 2 aromatic rings. The van der Waals surface area contributed by atoms with Crippen LogP contribution in [0.1, 0.15) is 41.4 Å². The first kappa shape index (κ1) is 13.9. The normalized spacial score (nSPS) is 14.3. The van der Waals surface area contributed by atoms with E-state index in [-0.39, 0.29) is 0 Å². The molecule has 0 aliphatic heterocycles. The van der Waals surface area contributed by atoms with E-state index < -0.39 is 0 Å². The van der Waals surface area contributed by atoms with Crippen LogP contribution in [-0.2, 0) is 13.6 Å². The van der Waals surface area contributed by atoms with Crippen molar-refractivity contribution in [3.63, 3.8) is 0 Å². The molecule has 0 unspecified atom stereocenters. The van der Waals surface area contributed by atoms with Crippen molar-refractivity contribution in [2.75, 3.05) is 17.7 Å².